The highest BCUT2D eigenvalue weighted by molar-refractivity contribution is 6.31. The Morgan fingerprint density at radius 1 is 1.00 bits per heavy atom. The standard InChI is InChI=1S/C22H22ClNO7/c23-16-6-3-13(22-21(28)20(27)19(26)17(10-25)31-22)8-14(16)7-12-1-4-15(5-2-12)30-18-9-24-11-29-18/h1-6,8-9,11,17,19-22,25-28H,7,10H2/t17-,19-,20+,21-,22+/m1/s1. The van der Waals surface area contributed by atoms with Gasteiger partial charge < -0.3 is 34.3 Å². The molecule has 0 spiro atoms. The Hall–Kier alpha value is -2.46. The van der Waals surface area contributed by atoms with E-state index in [-0.39, 0.29) is 0 Å². The summed E-state index contributed by atoms with van der Waals surface area (Å²) in [6, 6.07) is 12.5. The minimum absolute atomic E-state index is 0.294. The van der Waals surface area contributed by atoms with Gasteiger partial charge in [0.15, 0.2) is 6.39 Å². The summed E-state index contributed by atoms with van der Waals surface area (Å²) in [6.45, 7) is -0.482. The first-order chi connectivity index (χ1) is 15.0. The third kappa shape index (κ3) is 4.74. The maximum Gasteiger partial charge on any atom is 0.310 e. The Bertz CT molecular complexity index is 994. The van der Waals surface area contributed by atoms with Gasteiger partial charge in [-0.1, -0.05) is 35.9 Å². The minimum atomic E-state index is -1.44. The van der Waals surface area contributed by atoms with E-state index >= 15 is 0 Å². The highest BCUT2D eigenvalue weighted by Crippen LogP contribution is 2.34. The van der Waals surface area contributed by atoms with Gasteiger partial charge in [0.1, 0.15) is 42.5 Å². The van der Waals surface area contributed by atoms with E-state index in [1.165, 1.54) is 12.6 Å². The molecule has 1 aliphatic heterocycles. The number of aliphatic hydroxyl groups excluding tert-OH is 4. The molecule has 9 heteroatoms. The molecule has 1 saturated heterocycles. The van der Waals surface area contributed by atoms with Crippen LogP contribution in [0.4, 0.5) is 0 Å². The third-order valence-electron chi connectivity index (χ3n) is 5.24. The van der Waals surface area contributed by atoms with Crippen LogP contribution in [-0.4, -0.2) is 56.4 Å². The number of hydrogen-bond acceptors (Lipinski definition) is 8. The molecule has 1 aromatic heterocycles. The van der Waals surface area contributed by atoms with E-state index in [0.29, 0.717) is 28.7 Å². The Morgan fingerprint density at radius 3 is 2.45 bits per heavy atom. The van der Waals surface area contributed by atoms with Gasteiger partial charge in [-0.15, -0.1) is 0 Å². The lowest BCUT2D eigenvalue weighted by atomic mass is 9.90. The van der Waals surface area contributed by atoms with Crippen molar-refractivity contribution in [1.82, 2.24) is 4.98 Å². The molecule has 2 aromatic carbocycles. The highest BCUT2D eigenvalue weighted by Gasteiger charge is 2.44. The zero-order valence-corrected chi connectivity index (χ0v) is 17.1. The van der Waals surface area contributed by atoms with Crippen LogP contribution in [0.15, 0.2) is 59.5 Å². The Balaban J connectivity index is 1.51. The zero-order chi connectivity index (χ0) is 22.0. The van der Waals surface area contributed by atoms with E-state index in [9.17, 15) is 20.4 Å². The average molecular weight is 448 g/mol. The van der Waals surface area contributed by atoms with Gasteiger partial charge >= 0.3 is 5.95 Å². The van der Waals surface area contributed by atoms with Gasteiger partial charge in [0.2, 0.25) is 0 Å². The fraction of sp³-hybridized carbons (Fsp3) is 0.318. The summed E-state index contributed by atoms with van der Waals surface area (Å²) in [7, 11) is 0. The molecule has 1 aliphatic rings. The topological polar surface area (TPSA) is 125 Å². The molecule has 164 valence electrons. The molecule has 2 heterocycles. The van der Waals surface area contributed by atoms with Gasteiger partial charge in [0.05, 0.1) is 6.61 Å². The number of nitrogens with zero attached hydrogens (tertiary/aromatic N) is 1. The lowest BCUT2D eigenvalue weighted by Gasteiger charge is -2.40. The summed E-state index contributed by atoms with van der Waals surface area (Å²) in [6.07, 6.45) is -2.81. The number of hydrogen-bond donors (Lipinski definition) is 4. The number of benzene rings is 2. The van der Waals surface area contributed by atoms with Gasteiger partial charge in [0.25, 0.3) is 0 Å². The first kappa shape index (κ1) is 21.8. The van der Waals surface area contributed by atoms with Crippen molar-refractivity contribution in [3.05, 3.63) is 76.8 Å². The van der Waals surface area contributed by atoms with Gasteiger partial charge in [-0.25, -0.2) is 4.98 Å². The van der Waals surface area contributed by atoms with Crippen LogP contribution < -0.4 is 4.74 Å². The maximum absolute atomic E-state index is 10.4. The number of ether oxygens (including phenoxy) is 2. The molecule has 8 nitrogen and oxygen atoms in total. The van der Waals surface area contributed by atoms with Gasteiger partial charge in [-0.3, -0.25) is 0 Å². The Labute approximate surface area is 183 Å². The maximum atomic E-state index is 10.4. The van der Waals surface area contributed by atoms with E-state index < -0.39 is 37.1 Å². The van der Waals surface area contributed by atoms with Crippen LogP contribution in [0.25, 0.3) is 0 Å². The second kappa shape index (κ2) is 9.35. The zero-order valence-electron chi connectivity index (χ0n) is 16.3. The van der Waals surface area contributed by atoms with Crippen molar-refractivity contribution in [2.75, 3.05) is 6.61 Å². The van der Waals surface area contributed by atoms with Crippen LogP contribution in [0.3, 0.4) is 0 Å². The number of aliphatic hydroxyl groups is 4. The third-order valence-corrected chi connectivity index (χ3v) is 5.61. The lowest BCUT2D eigenvalue weighted by Crippen LogP contribution is -2.55. The van der Waals surface area contributed by atoms with Crippen LogP contribution in [0.5, 0.6) is 11.7 Å². The molecular formula is C22H22ClNO7. The summed E-state index contributed by atoms with van der Waals surface area (Å²) in [5.41, 5.74) is 2.35. The van der Waals surface area contributed by atoms with E-state index in [1.54, 1.807) is 30.3 Å². The molecule has 0 unspecified atom stereocenters. The molecule has 1 fully saturated rings. The summed E-state index contributed by atoms with van der Waals surface area (Å²) in [4.78, 5) is 3.79. The second-order valence-corrected chi connectivity index (χ2v) is 7.75. The number of rotatable bonds is 6. The van der Waals surface area contributed by atoms with Crippen molar-refractivity contribution >= 4 is 11.6 Å². The van der Waals surface area contributed by atoms with Crippen LogP contribution in [0.2, 0.25) is 5.02 Å². The van der Waals surface area contributed by atoms with E-state index in [0.717, 1.165) is 11.1 Å². The van der Waals surface area contributed by atoms with Crippen molar-refractivity contribution in [2.24, 2.45) is 0 Å². The Kier molecular flexibility index (Phi) is 6.57. The molecule has 4 rings (SSSR count). The first-order valence-electron chi connectivity index (χ1n) is 9.70. The van der Waals surface area contributed by atoms with Crippen LogP contribution in [-0.2, 0) is 11.2 Å². The molecule has 5 atom stereocenters. The summed E-state index contributed by atoms with van der Waals surface area (Å²) in [5.74, 6) is 0.893. The van der Waals surface area contributed by atoms with E-state index in [1.807, 2.05) is 12.1 Å². The normalized spacial score (nSPS) is 26.0. The lowest BCUT2D eigenvalue weighted by molar-refractivity contribution is -0.231. The fourth-order valence-electron chi connectivity index (χ4n) is 3.55. The summed E-state index contributed by atoms with van der Waals surface area (Å²) < 4.78 is 16.2. The molecule has 0 bridgehead atoms. The van der Waals surface area contributed by atoms with Crippen molar-refractivity contribution < 1.29 is 34.3 Å². The monoisotopic (exact) mass is 447 g/mol. The minimum Gasteiger partial charge on any atom is -0.425 e. The van der Waals surface area contributed by atoms with E-state index in [2.05, 4.69) is 4.98 Å². The predicted octanol–water partition coefficient (Wildman–Crippen LogP) is 2.23. The molecule has 0 saturated carbocycles. The molecule has 0 radical (unpaired) electrons. The molecule has 4 N–H and O–H groups in total. The van der Waals surface area contributed by atoms with Crippen molar-refractivity contribution in [3.8, 4) is 11.7 Å². The van der Waals surface area contributed by atoms with Crippen molar-refractivity contribution in [2.45, 2.75) is 36.9 Å². The fourth-order valence-corrected chi connectivity index (χ4v) is 3.73. The van der Waals surface area contributed by atoms with Crippen LogP contribution >= 0.6 is 11.6 Å². The second-order valence-electron chi connectivity index (χ2n) is 7.34. The number of aromatic nitrogens is 1. The SMILES string of the molecule is OC[C@H]1O[C@@H](c2ccc(Cl)c(Cc3ccc(Oc4cnco4)cc3)c2)[C@H](O)[C@@H](O)[C@@H]1O. The molecule has 3 aromatic rings. The first-order valence-corrected chi connectivity index (χ1v) is 10.1. The number of oxazole rings is 1. The molecule has 31 heavy (non-hydrogen) atoms. The van der Waals surface area contributed by atoms with Gasteiger partial charge in [-0.05, 0) is 41.3 Å². The smallest absolute Gasteiger partial charge is 0.310 e. The van der Waals surface area contributed by atoms with Crippen LogP contribution in [0, 0.1) is 0 Å². The molecule has 0 amide bonds. The highest BCUT2D eigenvalue weighted by atomic mass is 35.5. The molecular weight excluding hydrogens is 426 g/mol. The van der Waals surface area contributed by atoms with Gasteiger partial charge in [-0.2, -0.15) is 0 Å². The number of halogens is 1. The Morgan fingerprint density at radius 2 is 1.77 bits per heavy atom. The predicted molar refractivity (Wildman–Crippen MR) is 110 cm³/mol. The molecule has 0 aliphatic carbocycles. The quantitative estimate of drug-likeness (QED) is 0.453. The van der Waals surface area contributed by atoms with Crippen LogP contribution in [0.1, 0.15) is 22.8 Å². The van der Waals surface area contributed by atoms with Crippen molar-refractivity contribution in [1.29, 1.82) is 0 Å². The largest absolute Gasteiger partial charge is 0.425 e. The van der Waals surface area contributed by atoms with Crippen molar-refractivity contribution in [3.63, 3.8) is 0 Å². The summed E-state index contributed by atoms with van der Waals surface area (Å²) >= 11 is 6.38. The average Bonchev–Trinajstić information content (AvgIpc) is 3.28. The van der Waals surface area contributed by atoms with E-state index in [4.69, 9.17) is 25.5 Å². The summed E-state index contributed by atoms with van der Waals surface area (Å²) in [5, 5.41) is 40.4. The van der Waals surface area contributed by atoms with Gasteiger partial charge in [0, 0.05) is 5.02 Å².